The fourth-order valence-corrected chi connectivity index (χ4v) is 2.18. The summed E-state index contributed by atoms with van der Waals surface area (Å²) in [6.45, 7) is 1.40. The third-order valence-corrected chi connectivity index (χ3v) is 3.83. The van der Waals surface area contributed by atoms with E-state index in [9.17, 15) is 14.4 Å². The highest BCUT2D eigenvalue weighted by Crippen LogP contribution is 2.20. The summed E-state index contributed by atoms with van der Waals surface area (Å²) in [6.07, 6.45) is -1.03. The lowest BCUT2D eigenvalue weighted by molar-refractivity contribution is -0.151. The van der Waals surface area contributed by atoms with Crippen LogP contribution in [0.2, 0.25) is 0 Å². The summed E-state index contributed by atoms with van der Waals surface area (Å²) in [6, 6.07) is 6.82. The van der Waals surface area contributed by atoms with Crippen molar-refractivity contribution in [2.45, 2.75) is 17.9 Å². The van der Waals surface area contributed by atoms with Gasteiger partial charge in [0.15, 0.2) is 6.10 Å². The average molecular weight is 375 g/mol. The van der Waals surface area contributed by atoms with E-state index < -0.39 is 24.0 Å². The number of nitrogens with one attached hydrogen (secondary N) is 2. The quantitative estimate of drug-likeness (QED) is 0.607. The Morgan fingerprint density at radius 3 is 2.48 bits per heavy atom. The van der Waals surface area contributed by atoms with Gasteiger partial charge in [-0.1, -0.05) is 15.9 Å². The van der Waals surface area contributed by atoms with Gasteiger partial charge < -0.3 is 10.1 Å². The van der Waals surface area contributed by atoms with Gasteiger partial charge in [-0.3, -0.25) is 14.9 Å². The minimum Gasteiger partial charge on any atom is -0.452 e. The summed E-state index contributed by atoms with van der Waals surface area (Å²) in [5.74, 6) is -1.11. The van der Waals surface area contributed by atoms with Gasteiger partial charge in [0.05, 0.1) is 5.75 Å². The fourth-order valence-electron chi connectivity index (χ4n) is 1.23. The van der Waals surface area contributed by atoms with Crippen LogP contribution >= 0.6 is 27.7 Å². The third-order valence-electron chi connectivity index (χ3n) is 2.31. The largest absolute Gasteiger partial charge is 0.452 e. The molecule has 0 radical (unpaired) electrons. The van der Waals surface area contributed by atoms with Gasteiger partial charge in [0, 0.05) is 16.4 Å². The number of carbonyl (C=O) groups is 3. The molecule has 0 aromatic heterocycles. The molecule has 3 amide bonds. The Kier molecular flexibility index (Phi) is 7.24. The maximum absolute atomic E-state index is 11.6. The molecule has 0 saturated heterocycles. The SMILES string of the molecule is CNC(=O)NC(=O)[C@H](C)OC(=O)CSc1ccc(Br)cc1. The summed E-state index contributed by atoms with van der Waals surface area (Å²) in [5.41, 5.74) is 0. The van der Waals surface area contributed by atoms with Crippen LogP contribution in [0.15, 0.2) is 33.6 Å². The molecule has 0 saturated carbocycles. The Bertz CT molecular complexity index is 521. The predicted octanol–water partition coefficient (Wildman–Crippen LogP) is 1.93. The molecule has 1 aromatic rings. The van der Waals surface area contributed by atoms with E-state index in [0.717, 1.165) is 9.37 Å². The van der Waals surface area contributed by atoms with Crippen LogP contribution in [-0.4, -0.2) is 36.8 Å². The number of halogens is 1. The molecule has 0 aliphatic heterocycles. The first-order chi connectivity index (χ1) is 9.92. The van der Waals surface area contributed by atoms with Gasteiger partial charge in [0.1, 0.15) is 0 Å². The molecule has 1 rings (SSSR count). The minimum absolute atomic E-state index is 0.0826. The maximum Gasteiger partial charge on any atom is 0.321 e. The van der Waals surface area contributed by atoms with Crippen LogP contribution < -0.4 is 10.6 Å². The molecule has 0 heterocycles. The van der Waals surface area contributed by atoms with Crippen molar-refractivity contribution < 1.29 is 19.1 Å². The van der Waals surface area contributed by atoms with Crippen molar-refractivity contribution in [3.8, 4) is 0 Å². The van der Waals surface area contributed by atoms with E-state index in [1.807, 2.05) is 29.6 Å². The molecule has 0 aliphatic carbocycles. The zero-order valence-corrected chi connectivity index (χ0v) is 13.9. The molecule has 0 unspecified atom stereocenters. The molecule has 1 aromatic carbocycles. The second kappa shape index (κ2) is 8.68. The summed E-state index contributed by atoms with van der Waals surface area (Å²) in [5, 5.41) is 4.27. The summed E-state index contributed by atoms with van der Waals surface area (Å²) < 4.78 is 5.89. The van der Waals surface area contributed by atoms with Crippen molar-refractivity contribution in [3.05, 3.63) is 28.7 Å². The number of amides is 3. The predicted molar refractivity (Wildman–Crippen MR) is 83.0 cm³/mol. The first-order valence-electron chi connectivity index (χ1n) is 6.02. The smallest absolute Gasteiger partial charge is 0.321 e. The zero-order chi connectivity index (χ0) is 15.8. The van der Waals surface area contributed by atoms with Crippen LogP contribution in [0.4, 0.5) is 4.79 Å². The number of rotatable bonds is 5. The normalized spacial score (nSPS) is 11.4. The standard InChI is InChI=1S/C13H15BrN2O4S/c1-8(12(18)16-13(19)15-2)20-11(17)7-21-10-5-3-9(14)4-6-10/h3-6,8H,7H2,1-2H3,(H2,15,16,18,19)/t8-/m0/s1. The Labute approximate surface area is 135 Å². The molecule has 0 bridgehead atoms. The fraction of sp³-hybridized carbons (Fsp3) is 0.308. The van der Waals surface area contributed by atoms with Crippen LogP contribution in [0.1, 0.15) is 6.92 Å². The Morgan fingerprint density at radius 1 is 1.29 bits per heavy atom. The molecular weight excluding hydrogens is 360 g/mol. The lowest BCUT2D eigenvalue weighted by atomic mass is 10.4. The Balaban J connectivity index is 2.37. The van der Waals surface area contributed by atoms with Crippen molar-refractivity contribution in [3.63, 3.8) is 0 Å². The highest BCUT2D eigenvalue weighted by atomic mass is 79.9. The maximum atomic E-state index is 11.6. The molecule has 114 valence electrons. The summed E-state index contributed by atoms with van der Waals surface area (Å²) >= 11 is 4.62. The van der Waals surface area contributed by atoms with Gasteiger partial charge in [-0.2, -0.15) is 0 Å². The molecule has 0 fully saturated rings. The van der Waals surface area contributed by atoms with Gasteiger partial charge in [0.2, 0.25) is 0 Å². The second-order valence-electron chi connectivity index (χ2n) is 3.94. The molecular formula is C13H15BrN2O4S. The number of hydrogen-bond acceptors (Lipinski definition) is 5. The first-order valence-corrected chi connectivity index (χ1v) is 7.80. The van der Waals surface area contributed by atoms with Crippen molar-refractivity contribution in [1.82, 2.24) is 10.6 Å². The molecule has 8 heteroatoms. The van der Waals surface area contributed by atoms with Gasteiger partial charge in [-0.15, -0.1) is 11.8 Å². The van der Waals surface area contributed by atoms with Gasteiger partial charge in [-0.05, 0) is 31.2 Å². The van der Waals surface area contributed by atoms with Crippen molar-refractivity contribution >= 4 is 45.6 Å². The lowest BCUT2D eigenvalue weighted by Gasteiger charge is -2.12. The summed E-state index contributed by atoms with van der Waals surface area (Å²) in [7, 11) is 1.38. The number of thioether (sulfide) groups is 1. The van der Waals surface area contributed by atoms with Crippen LogP contribution in [0.5, 0.6) is 0 Å². The number of carbonyl (C=O) groups excluding carboxylic acids is 3. The number of ether oxygens (including phenoxy) is 1. The zero-order valence-electron chi connectivity index (χ0n) is 11.5. The number of urea groups is 1. The monoisotopic (exact) mass is 374 g/mol. The molecule has 1 atom stereocenters. The Morgan fingerprint density at radius 2 is 1.90 bits per heavy atom. The lowest BCUT2D eigenvalue weighted by Crippen LogP contribution is -2.43. The van der Waals surface area contributed by atoms with Crippen molar-refractivity contribution in [2.75, 3.05) is 12.8 Å². The molecule has 21 heavy (non-hydrogen) atoms. The van der Waals surface area contributed by atoms with Gasteiger partial charge in [-0.25, -0.2) is 4.79 Å². The highest BCUT2D eigenvalue weighted by molar-refractivity contribution is 9.10. The second-order valence-corrected chi connectivity index (χ2v) is 5.91. The number of hydrogen-bond donors (Lipinski definition) is 2. The Hall–Kier alpha value is -1.54. The number of imide groups is 1. The average Bonchev–Trinajstić information content (AvgIpc) is 2.46. The molecule has 2 N–H and O–H groups in total. The van der Waals surface area contributed by atoms with E-state index in [2.05, 4.69) is 21.2 Å². The molecule has 0 spiro atoms. The van der Waals surface area contributed by atoms with E-state index in [-0.39, 0.29) is 5.75 Å². The van der Waals surface area contributed by atoms with E-state index in [1.54, 1.807) is 0 Å². The van der Waals surface area contributed by atoms with Crippen molar-refractivity contribution in [2.24, 2.45) is 0 Å². The van der Waals surface area contributed by atoms with E-state index >= 15 is 0 Å². The molecule has 0 aliphatic rings. The number of esters is 1. The number of benzene rings is 1. The molecule has 6 nitrogen and oxygen atoms in total. The van der Waals surface area contributed by atoms with E-state index in [4.69, 9.17) is 4.74 Å². The van der Waals surface area contributed by atoms with Crippen LogP contribution in [0.25, 0.3) is 0 Å². The van der Waals surface area contributed by atoms with Gasteiger partial charge in [0.25, 0.3) is 5.91 Å². The van der Waals surface area contributed by atoms with E-state index in [1.165, 1.54) is 25.7 Å². The minimum atomic E-state index is -1.03. The van der Waals surface area contributed by atoms with Crippen LogP contribution in [0, 0.1) is 0 Å². The van der Waals surface area contributed by atoms with E-state index in [0.29, 0.717) is 0 Å². The van der Waals surface area contributed by atoms with Crippen molar-refractivity contribution in [1.29, 1.82) is 0 Å². The van der Waals surface area contributed by atoms with Gasteiger partial charge >= 0.3 is 12.0 Å². The first kappa shape index (κ1) is 17.5. The van der Waals surface area contributed by atoms with Crippen LogP contribution in [-0.2, 0) is 14.3 Å². The highest BCUT2D eigenvalue weighted by Gasteiger charge is 2.19. The summed E-state index contributed by atoms with van der Waals surface area (Å²) in [4.78, 5) is 35.0. The van der Waals surface area contributed by atoms with Crippen LogP contribution in [0.3, 0.4) is 0 Å². The topological polar surface area (TPSA) is 84.5 Å². The third kappa shape index (κ3) is 6.63.